The van der Waals surface area contributed by atoms with E-state index in [9.17, 15) is 9.59 Å². The Bertz CT molecular complexity index is 924. The number of ether oxygens (including phenoxy) is 1. The SMILES string of the molecule is CCOc1ccccc1C(=O)Nc1cc2[nH]c(=O)[nH]c2cc1C. The Hall–Kier alpha value is -3.02. The lowest BCUT2D eigenvalue weighted by atomic mass is 10.1. The molecule has 23 heavy (non-hydrogen) atoms. The molecule has 0 unspecified atom stereocenters. The van der Waals surface area contributed by atoms with Crippen molar-refractivity contribution < 1.29 is 9.53 Å². The number of fused-ring (bicyclic) bond motifs is 1. The van der Waals surface area contributed by atoms with E-state index in [1.807, 2.05) is 26.0 Å². The number of aromatic nitrogens is 2. The third-order valence-electron chi connectivity index (χ3n) is 3.54. The Kier molecular flexibility index (Phi) is 3.89. The van der Waals surface area contributed by atoms with Crippen LogP contribution in [0.3, 0.4) is 0 Å². The molecule has 6 heteroatoms. The van der Waals surface area contributed by atoms with Crippen molar-refractivity contribution in [3.63, 3.8) is 0 Å². The molecule has 0 bridgehead atoms. The van der Waals surface area contributed by atoms with Gasteiger partial charge in [0, 0.05) is 5.69 Å². The van der Waals surface area contributed by atoms with E-state index in [1.165, 1.54) is 0 Å². The average molecular weight is 311 g/mol. The number of amides is 1. The summed E-state index contributed by atoms with van der Waals surface area (Å²) >= 11 is 0. The molecule has 1 aromatic heterocycles. The van der Waals surface area contributed by atoms with Gasteiger partial charge in [-0.1, -0.05) is 12.1 Å². The smallest absolute Gasteiger partial charge is 0.323 e. The van der Waals surface area contributed by atoms with Gasteiger partial charge in [-0.05, 0) is 43.7 Å². The monoisotopic (exact) mass is 311 g/mol. The number of imidazole rings is 1. The fourth-order valence-electron chi connectivity index (χ4n) is 2.45. The van der Waals surface area contributed by atoms with E-state index in [-0.39, 0.29) is 11.6 Å². The average Bonchev–Trinajstić information content (AvgIpc) is 2.87. The van der Waals surface area contributed by atoms with Crippen LogP contribution in [0.1, 0.15) is 22.8 Å². The number of hydrogen-bond acceptors (Lipinski definition) is 3. The number of aryl methyl sites for hydroxylation is 1. The molecule has 6 nitrogen and oxygen atoms in total. The Morgan fingerprint density at radius 2 is 1.87 bits per heavy atom. The molecule has 3 N–H and O–H groups in total. The standard InChI is InChI=1S/C17H17N3O3/c1-3-23-15-7-5-4-6-11(15)16(21)18-12-9-14-13(8-10(12)2)19-17(22)20-14/h4-9H,3H2,1-2H3,(H,18,21)(H2,19,20,22). The molecule has 0 aliphatic heterocycles. The van der Waals surface area contributed by atoms with Crippen molar-refractivity contribution in [3.05, 3.63) is 58.0 Å². The summed E-state index contributed by atoms with van der Waals surface area (Å²) in [5.41, 5.74) is 3.05. The Balaban J connectivity index is 1.94. The first-order valence-corrected chi connectivity index (χ1v) is 7.34. The highest BCUT2D eigenvalue weighted by Crippen LogP contribution is 2.23. The van der Waals surface area contributed by atoms with Gasteiger partial charge in [-0.25, -0.2) is 4.79 Å². The fraction of sp³-hybridized carbons (Fsp3) is 0.176. The Labute approximate surface area is 132 Å². The number of anilines is 1. The minimum Gasteiger partial charge on any atom is -0.493 e. The molecule has 0 spiro atoms. The highest BCUT2D eigenvalue weighted by atomic mass is 16.5. The van der Waals surface area contributed by atoms with Crippen LogP contribution in [-0.2, 0) is 0 Å². The molecular formula is C17H17N3O3. The molecule has 118 valence electrons. The second-order valence-electron chi connectivity index (χ2n) is 5.18. The molecule has 0 aliphatic carbocycles. The lowest BCUT2D eigenvalue weighted by Gasteiger charge is -2.12. The third-order valence-corrected chi connectivity index (χ3v) is 3.54. The number of aromatic amines is 2. The number of carbonyl (C=O) groups is 1. The molecule has 0 radical (unpaired) electrons. The molecule has 0 saturated carbocycles. The summed E-state index contributed by atoms with van der Waals surface area (Å²) in [5.74, 6) is 0.288. The maximum absolute atomic E-state index is 12.5. The highest BCUT2D eigenvalue weighted by Gasteiger charge is 2.14. The van der Waals surface area contributed by atoms with Crippen LogP contribution < -0.4 is 15.7 Å². The van der Waals surface area contributed by atoms with Crippen LogP contribution in [0.5, 0.6) is 5.75 Å². The van der Waals surface area contributed by atoms with E-state index in [1.54, 1.807) is 24.3 Å². The predicted molar refractivity (Wildman–Crippen MR) is 89.2 cm³/mol. The van der Waals surface area contributed by atoms with E-state index in [4.69, 9.17) is 4.74 Å². The number of rotatable bonds is 4. The summed E-state index contributed by atoms with van der Waals surface area (Å²) in [6, 6.07) is 10.6. The second-order valence-corrected chi connectivity index (χ2v) is 5.18. The normalized spacial score (nSPS) is 10.7. The molecule has 0 aliphatic rings. The Morgan fingerprint density at radius 3 is 2.61 bits per heavy atom. The number of nitrogens with one attached hydrogen (secondary N) is 3. The van der Waals surface area contributed by atoms with Crippen molar-refractivity contribution in [2.75, 3.05) is 11.9 Å². The van der Waals surface area contributed by atoms with Gasteiger partial charge >= 0.3 is 5.69 Å². The molecule has 1 amide bonds. The van der Waals surface area contributed by atoms with Crippen molar-refractivity contribution in [2.45, 2.75) is 13.8 Å². The van der Waals surface area contributed by atoms with Gasteiger partial charge in [0.05, 0.1) is 23.2 Å². The molecular weight excluding hydrogens is 294 g/mol. The topological polar surface area (TPSA) is 87.0 Å². The van der Waals surface area contributed by atoms with Crippen LogP contribution in [-0.4, -0.2) is 22.5 Å². The number of H-pyrrole nitrogens is 2. The molecule has 2 aromatic carbocycles. The van der Waals surface area contributed by atoms with Crippen LogP contribution >= 0.6 is 0 Å². The third kappa shape index (κ3) is 2.96. The van der Waals surface area contributed by atoms with Gasteiger partial charge in [0.25, 0.3) is 5.91 Å². The van der Waals surface area contributed by atoms with E-state index in [0.29, 0.717) is 34.6 Å². The zero-order valence-electron chi connectivity index (χ0n) is 12.9. The fourth-order valence-corrected chi connectivity index (χ4v) is 2.45. The highest BCUT2D eigenvalue weighted by molar-refractivity contribution is 6.07. The molecule has 3 aromatic rings. The van der Waals surface area contributed by atoms with Gasteiger partial charge in [-0.15, -0.1) is 0 Å². The van der Waals surface area contributed by atoms with Crippen LogP contribution in [0.2, 0.25) is 0 Å². The van der Waals surface area contributed by atoms with Crippen molar-refractivity contribution in [2.24, 2.45) is 0 Å². The van der Waals surface area contributed by atoms with Crippen molar-refractivity contribution >= 4 is 22.6 Å². The molecule has 1 heterocycles. The van der Waals surface area contributed by atoms with Crippen molar-refractivity contribution in [1.29, 1.82) is 0 Å². The summed E-state index contributed by atoms with van der Waals surface area (Å²) in [6.45, 7) is 4.23. The number of benzene rings is 2. The predicted octanol–water partition coefficient (Wildman–Crippen LogP) is 2.82. The lowest BCUT2D eigenvalue weighted by Crippen LogP contribution is -2.14. The summed E-state index contributed by atoms with van der Waals surface area (Å²) < 4.78 is 5.49. The zero-order chi connectivity index (χ0) is 16.4. The van der Waals surface area contributed by atoms with Crippen molar-refractivity contribution in [1.82, 2.24) is 9.97 Å². The van der Waals surface area contributed by atoms with Crippen LogP contribution in [0.15, 0.2) is 41.2 Å². The maximum atomic E-state index is 12.5. The van der Waals surface area contributed by atoms with Gasteiger partial charge in [-0.3, -0.25) is 4.79 Å². The number of hydrogen-bond donors (Lipinski definition) is 3. The summed E-state index contributed by atoms with van der Waals surface area (Å²) in [6.07, 6.45) is 0. The van der Waals surface area contributed by atoms with Gasteiger partial charge in [0.1, 0.15) is 5.75 Å². The van der Waals surface area contributed by atoms with E-state index in [0.717, 1.165) is 5.56 Å². The van der Waals surface area contributed by atoms with Crippen LogP contribution in [0, 0.1) is 6.92 Å². The zero-order valence-corrected chi connectivity index (χ0v) is 12.9. The van der Waals surface area contributed by atoms with E-state index < -0.39 is 0 Å². The minimum atomic E-state index is -0.274. The second kappa shape index (κ2) is 6.00. The summed E-state index contributed by atoms with van der Waals surface area (Å²) in [4.78, 5) is 29.3. The summed E-state index contributed by atoms with van der Waals surface area (Å²) in [7, 11) is 0. The van der Waals surface area contributed by atoms with Crippen LogP contribution in [0.4, 0.5) is 5.69 Å². The molecule has 3 rings (SSSR count). The van der Waals surface area contributed by atoms with Gasteiger partial charge in [0.2, 0.25) is 0 Å². The van der Waals surface area contributed by atoms with Crippen LogP contribution in [0.25, 0.3) is 11.0 Å². The quantitative estimate of drug-likeness (QED) is 0.692. The lowest BCUT2D eigenvalue weighted by molar-refractivity contribution is 0.102. The van der Waals surface area contributed by atoms with E-state index >= 15 is 0 Å². The van der Waals surface area contributed by atoms with Crippen molar-refractivity contribution in [3.8, 4) is 5.75 Å². The molecule has 0 saturated heterocycles. The number of carbonyl (C=O) groups excluding carboxylic acids is 1. The largest absolute Gasteiger partial charge is 0.493 e. The number of para-hydroxylation sites is 1. The first-order valence-electron chi connectivity index (χ1n) is 7.34. The molecule has 0 atom stereocenters. The Morgan fingerprint density at radius 1 is 1.17 bits per heavy atom. The minimum absolute atomic E-state index is 0.255. The first-order chi connectivity index (χ1) is 11.1. The molecule has 0 fully saturated rings. The van der Waals surface area contributed by atoms with Gasteiger partial charge in [-0.2, -0.15) is 0 Å². The maximum Gasteiger partial charge on any atom is 0.323 e. The summed E-state index contributed by atoms with van der Waals surface area (Å²) in [5, 5.41) is 2.87. The van der Waals surface area contributed by atoms with Gasteiger partial charge < -0.3 is 20.0 Å². The first kappa shape index (κ1) is 14.9. The van der Waals surface area contributed by atoms with Gasteiger partial charge in [0.15, 0.2) is 0 Å². The van der Waals surface area contributed by atoms with E-state index in [2.05, 4.69) is 15.3 Å².